The van der Waals surface area contributed by atoms with Gasteiger partial charge in [0, 0.05) is 65.0 Å². The van der Waals surface area contributed by atoms with Gasteiger partial charge in [0.1, 0.15) is 0 Å². The summed E-state index contributed by atoms with van der Waals surface area (Å²) in [6.07, 6.45) is 0. The molecule has 14 rings (SSSR count). The highest BCUT2D eigenvalue weighted by Gasteiger charge is 2.26. The molecule has 0 fully saturated rings. The van der Waals surface area contributed by atoms with Gasteiger partial charge in [-0.05, 0) is 83.1 Å². The lowest BCUT2D eigenvalue weighted by Crippen LogP contribution is -2.04. The summed E-state index contributed by atoms with van der Waals surface area (Å²) in [7, 11) is 0. The number of rotatable bonds is 5. The Morgan fingerprint density at radius 3 is 1.83 bits per heavy atom. The number of nitrogens with zero attached hydrogens (tertiary/aromatic N) is 4. The molecule has 0 N–H and O–H groups in total. The van der Waals surface area contributed by atoms with Gasteiger partial charge in [0.25, 0.3) is 0 Å². The van der Waals surface area contributed by atoms with E-state index in [1.54, 1.807) is 0 Å². The van der Waals surface area contributed by atoms with Crippen LogP contribution in [0.1, 0.15) is 5.56 Å². The van der Waals surface area contributed by atoms with Gasteiger partial charge in [-0.25, -0.2) is 9.97 Å². The van der Waals surface area contributed by atoms with Gasteiger partial charge in [0.15, 0.2) is 5.82 Å². The Morgan fingerprint density at radius 2 is 1.03 bits per heavy atom. The number of hydrogen-bond acceptors (Lipinski definition) is 3. The van der Waals surface area contributed by atoms with Crippen LogP contribution >= 0.6 is 11.3 Å². The minimum atomic E-state index is 0.692. The van der Waals surface area contributed by atoms with E-state index in [1.807, 2.05) is 11.3 Å². The van der Waals surface area contributed by atoms with E-state index in [0.29, 0.717) is 5.82 Å². The normalized spacial score (nSPS) is 12.0. The lowest BCUT2D eigenvalue weighted by Gasteiger charge is -2.19. The fraction of sp³-hybridized carbons (Fsp3) is 0.0164. The van der Waals surface area contributed by atoms with E-state index in [-0.39, 0.29) is 0 Å². The molecule has 0 atom stereocenters. The first-order chi connectivity index (χ1) is 32.7. The zero-order valence-electron chi connectivity index (χ0n) is 35.9. The fourth-order valence-electron chi connectivity index (χ4n) is 10.7. The van der Waals surface area contributed by atoms with Gasteiger partial charge < -0.3 is 9.13 Å². The summed E-state index contributed by atoms with van der Waals surface area (Å²) < 4.78 is 7.39. The zero-order valence-corrected chi connectivity index (χ0v) is 36.7. The van der Waals surface area contributed by atoms with Crippen molar-refractivity contribution >= 4 is 96.7 Å². The van der Waals surface area contributed by atoms with Crippen LogP contribution in [0.25, 0.3) is 131 Å². The van der Waals surface area contributed by atoms with Crippen LogP contribution in [-0.2, 0) is 0 Å². The molecule has 0 saturated heterocycles. The van der Waals surface area contributed by atoms with E-state index in [4.69, 9.17) is 9.97 Å². The molecule has 4 nitrogen and oxygen atoms in total. The van der Waals surface area contributed by atoms with Crippen molar-refractivity contribution in [3.8, 4) is 45.3 Å². The Bertz CT molecular complexity index is 4290. The summed E-state index contributed by atoms with van der Waals surface area (Å²) in [5.74, 6) is 0.692. The molecule has 10 aromatic carbocycles. The molecule has 4 aromatic heterocycles. The van der Waals surface area contributed by atoms with E-state index in [9.17, 15) is 0 Å². The van der Waals surface area contributed by atoms with Crippen LogP contribution in [0.2, 0.25) is 0 Å². The summed E-state index contributed by atoms with van der Waals surface area (Å²) >= 11 is 1.87. The van der Waals surface area contributed by atoms with Crippen molar-refractivity contribution in [2.75, 3.05) is 0 Å². The molecule has 5 heteroatoms. The summed E-state index contributed by atoms with van der Waals surface area (Å²) in [5, 5.41) is 12.2. The maximum absolute atomic E-state index is 5.80. The van der Waals surface area contributed by atoms with Crippen LogP contribution in [0.15, 0.2) is 212 Å². The van der Waals surface area contributed by atoms with Crippen molar-refractivity contribution in [2.45, 2.75) is 6.92 Å². The van der Waals surface area contributed by atoms with E-state index in [0.717, 1.165) is 72.3 Å². The first-order valence-electron chi connectivity index (χ1n) is 22.5. The van der Waals surface area contributed by atoms with Crippen molar-refractivity contribution in [1.29, 1.82) is 0 Å². The highest BCUT2D eigenvalue weighted by Crippen LogP contribution is 2.48. The predicted molar refractivity (Wildman–Crippen MR) is 280 cm³/mol. The summed E-state index contributed by atoms with van der Waals surface area (Å²) in [6.45, 7) is 2.20. The van der Waals surface area contributed by atoms with Crippen LogP contribution in [-0.4, -0.2) is 19.1 Å². The van der Waals surface area contributed by atoms with Gasteiger partial charge in [-0.3, -0.25) is 0 Å². The number of para-hydroxylation sites is 3. The number of thiophene rings is 1. The third-order valence-corrected chi connectivity index (χ3v) is 14.8. The van der Waals surface area contributed by atoms with Gasteiger partial charge in [0.05, 0.1) is 43.8 Å². The Kier molecular flexibility index (Phi) is 8.03. The Morgan fingerprint density at radius 1 is 0.394 bits per heavy atom. The lowest BCUT2D eigenvalue weighted by atomic mass is 9.96. The Labute approximate surface area is 383 Å². The number of fused-ring (bicyclic) bond motifs is 12. The van der Waals surface area contributed by atoms with E-state index in [2.05, 4.69) is 228 Å². The molecule has 0 radical (unpaired) electrons. The molecule has 0 aliphatic carbocycles. The third kappa shape index (κ3) is 5.38. The second-order valence-corrected chi connectivity index (χ2v) is 18.3. The molecule has 4 heterocycles. The first-order valence-corrected chi connectivity index (χ1v) is 23.3. The largest absolute Gasteiger partial charge is 0.309 e. The van der Waals surface area contributed by atoms with E-state index < -0.39 is 0 Å². The van der Waals surface area contributed by atoms with Crippen molar-refractivity contribution in [3.05, 3.63) is 218 Å². The summed E-state index contributed by atoms with van der Waals surface area (Å²) in [5.41, 5.74) is 12.8. The maximum atomic E-state index is 5.80. The van der Waals surface area contributed by atoms with Gasteiger partial charge in [-0.2, -0.15) is 0 Å². The Hall–Kier alpha value is -8.38. The predicted octanol–water partition coefficient (Wildman–Crippen LogP) is 16.7. The van der Waals surface area contributed by atoms with E-state index >= 15 is 0 Å². The van der Waals surface area contributed by atoms with Gasteiger partial charge in [-0.1, -0.05) is 158 Å². The molecule has 0 bridgehead atoms. The quantitative estimate of drug-likeness (QED) is 0.173. The molecule has 0 spiro atoms. The molecule has 0 aliphatic heterocycles. The molecule has 0 aliphatic rings. The van der Waals surface area contributed by atoms with Crippen molar-refractivity contribution in [2.24, 2.45) is 0 Å². The van der Waals surface area contributed by atoms with Crippen molar-refractivity contribution < 1.29 is 0 Å². The summed E-state index contributed by atoms with van der Waals surface area (Å²) in [6, 6.07) is 77.0. The number of benzene rings is 10. The van der Waals surface area contributed by atoms with Crippen LogP contribution in [0.4, 0.5) is 0 Å². The van der Waals surface area contributed by atoms with Gasteiger partial charge >= 0.3 is 0 Å². The number of aromatic nitrogens is 4. The van der Waals surface area contributed by atoms with Crippen LogP contribution in [0.3, 0.4) is 0 Å². The number of hydrogen-bond donors (Lipinski definition) is 0. The van der Waals surface area contributed by atoms with Crippen molar-refractivity contribution in [3.63, 3.8) is 0 Å². The third-order valence-electron chi connectivity index (χ3n) is 13.7. The monoisotopic (exact) mass is 858 g/mol. The van der Waals surface area contributed by atoms with E-state index in [1.165, 1.54) is 58.0 Å². The lowest BCUT2D eigenvalue weighted by molar-refractivity contribution is 1.14. The molecule has 0 saturated carbocycles. The average molecular weight is 859 g/mol. The zero-order chi connectivity index (χ0) is 43.5. The summed E-state index contributed by atoms with van der Waals surface area (Å²) in [4.78, 5) is 11.4. The molecular formula is C61H38N4S. The standard InChI is InChI=1S/C61H38N4S/c1-37-57(39-18-4-2-5-19-39)62-61(47-27-16-30-52-55(47)45-26-13-15-29-51(45)64(52)42-22-6-3-7-23-42)63-58(37)48-33-32-46-56-43-24-11-10-17-38(43)31-34-54(56)66-60(46)59(48)65-50-28-14-12-25-44(50)49-35-40-20-8-9-21-41(40)36-53(49)65/h2-36H,1H3. The minimum absolute atomic E-state index is 0.692. The first kappa shape index (κ1) is 37.0. The Balaban J connectivity index is 1.14. The fourth-order valence-corrected chi connectivity index (χ4v) is 12.0. The smallest absolute Gasteiger partial charge is 0.161 e. The second-order valence-electron chi connectivity index (χ2n) is 17.3. The highest BCUT2D eigenvalue weighted by molar-refractivity contribution is 7.26. The van der Waals surface area contributed by atoms with Crippen LogP contribution in [0.5, 0.6) is 0 Å². The highest BCUT2D eigenvalue weighted by atomic mass is 32.1. The van der Waals surface area contributed by atoms with Crippen LogP contribution < -0.4 is 0 Å². The molecule has 66 heavy (non-hydrogen) atoms. The van der Waals surface area contributed by atoms with Crippen LogP contribution in [0, 0.1) is 6.92 Å². The topological polar surface area (TPSA) is 35.6 Å². The second kappa shape index (κ2) is 14.3. The molecule has 308 valence electrons. The van der Waals surface area contributed by atoms with Gasteiger partial charge in [0.2, 0.25) is 0 Å². The van der Waals surface area contributed by atoms with Gasteiger partial charge in [-0.15, -0.1) is 11.3 Å². The molecular weight excluding hydrogens is 821 g/mol. The molecule has 14 aromatic rings. The minimum Gasteiger partial charge on any atom is -0.309 e. The molecule has 0 unspecified atom stereocenters. The average Bonchev–Trinajstić information content (AvgIpc) is 4.04. The maximum Gasteiger partial charge on any atom is 0.161 e. The SMILES string of the molecule is Cc1c(-c2ccccc2)nc(-c2cccc3c2c2ccccc2n3-c2ccccc2)nc1-c1ccc2c(sc3ccc4ccccc4c32)c1-n1c2ccccc2c2cc3ccccc3cc21. The molecule has 0 amide bonds. The van der Waals surface area contributed by atoms with Crippen molar-refractivity contribution in [1.82, 2.24) is 19.1 Å².